The molecule has 0 atom stereocenters. The zero-order valence-electron chi connectivity index (χ0n) is 23.5. The predicted molar refractivity (Wildman–Crippen MR) is 159 cm³/mol. The van der Waals surface area contributed by atoms with E-state index in [1.807, 2.05) is 31.2 Å². The Balaban J connectivity index is 1.61. The second kappa shape index (κ2) is 12.4. The molecule has 0 spiro atoms. The second-order valence-corrected chi connectivity index (χ2v) is 9.73. The van der Waals surface area contributed by atoms with Crippen LogP contribution >= 0.6 is 0 Å². The van der Waals surface area contributed by atoms with Gasteiger partial charge in [-0.05, 0) is 49.7 Å². The number of nitro groups is 1. The molecule has 0 N–H and O–H groups in total. The van der Waals surface area contributed by atoms with Crippen molar-refractivity contribution in [3.63, 3.8) is 0 Å². The Kier molecular flexibility index (Phi) is 8.43. The van der Waals surface area contributed by atoms with Gasteiger partial charge < -0.3 is 9.47 Å². The lowest BCUT2D eigenvalue weighted by molar-refractivity contribution is -0.386. The van der Waals surface area contributed by atoms with E-state index < -0.39 is 27.9 Å². The number of aromatic nitrogens is 2. The third-order valence-corrected chi connectivity index (χ3v) is 6.54. The molecule has 0 unspecified atom stereocenters. The zero-order valence-corrected chi connectivity index (χ0v) is 23.5. The van der Waals surface area contributed by atoms with E-state index in [-0.39, 0.29) is 52.6 Å². The van der Waals surface area contributed by atoms with Gasteiger partial charge in [0.2, 0.25) is 5.75 Å². The number of nitrogens with zero attached hydrogens (tertiary/aromatic N) is 4. The summed E-state index contributed by atoms with van der Waals surface area (Å²) in [7, 11) is 0. The van der Waals surface area contributed by atoms with Crippen molar-refractivity contribution in [2.75, 3.05) is 6.61 Å². The van der Waals surface area contributed by atoms with Crippen LogP contribution in [0.4, 0.5) is 18.9 Å². The smallest absolute Gasteiger partial charge is 0.416 e. The number of ether oxygens (including phenoxy) is 2. The molecular formula is C32H25F3N4O5. The highest BCUT2D eigenvalue weighted by Crippen LogP contribution is 2.39. The third kappa shape index (κ3) is 6.43. The molecule has 9 nitrogen and oxygen atoms in total. The molecule has 0 aliphatic heterocycles. The SMILES string of the molecule is CCOc1cc(C=Nn2c(-c3cccc(C(F)(F)F)c3)nc3ccccc3c2=O)cc([N+](=O)[O-])c1OCc1cccc(C)c1. The van der Waals surface area contributed by atoms with Gasteiger partial charge >= 0.3 is 11.9 Å². The number of hydrogen-bond acceptors (Lipinski definition) is 7. The molecule has 44 heavy (non-hydrogen) atoms. The molecule has 224 valence electrons. The molecule has 0 aliphatic carbocycles. The first-order valence-corrected chi connectivity index (χ1v) is 13.4. The minimum Gasteiger partial charge on any atom is -0.490 e. The van der Waals surface area contributed by atoms with E-state index in [0.717, 1.165) is 27.9 Å². The monoisotopic (exact) mass is 602 g/mol. The molecule has 0 aliphatic rings. The summed E-state index contributed by atoms with van der Waals surface area (Å²) in [5, 5.41) is 16.5. The van der Waals surface area contributed by atoms with Crippen LogP contribution in [0, 0.1) is 17.0 Å². The zero-order chi connectivity index (χ0) is 31.4. The van der Waals surface area contributed by atoms with Crippen molar-refractivity contribution >= 4 is 22.8 Å². The van der Waals surface area contributed by atoms with Gasteiger partial charge in [0, 0.05) is 17.2 Å². The third-order valence-electron chi connectivity index (χ3n) is 6.54. The number of nitro benzene ring substituents is 1. The number of hydrogen-bond donors (Lipinski definition) is 0. The van der Waals surface area contributed by atoms with Crippen LogP contribution in [0.5, 0.6) is 11.5 Å². The maximum atomic E-state index is 13.5. The molecule has 0 fully saturated rings. The quantitative estimate of drug-likeness (QED) is 0.101. The van der Waals surface area contributed by atoms with Gasteiger partial charge in [0.1, 0.15) is 6.61 Å². The summed E-state index contributed by atoms with van der Waals surface area (Å²) in [4.78, 5) is 29.4. The van der Waals surface area contributed by atoms with Gasteiger partial charge in [0.15, 0.2) is 11.6 Å². The predicted octanol–water partition coefficient (Wildman–Crippen LogP) is 7.16. The molecule has 1 aromatic heterocycles. The Morgan fingerprint density at radius 2 is 1.77 bits per heavy atom. The van der Waals surface area contributed by atoms with Gasteiger partial charge in [-0.25, -0.2) is 4.98 Å². The fourth-order valence-electron chi connectivity index (χ4n) is 4.56. The van der Waals surface area contributed by atoms with Crippen molar-refractivity contribution in [1.29, 1.82) is 0 Å². The summed E-state index contributed by atoms with van der Waals surface area (Å²) in [6.07, 6.45) is -3.45. The number of benzene rings is 4. The Labute approximate surface area is 249 Å². The normalized spacial score (nSPS) is 11.7. The second-order valence-electron chi connectivity index (χ2n) is 9.73. The first-order valence-electron chi connectivity index (χ1n) is 13.4. The Morgan fingerprint density at radius 3 is 2.50 bits per heavy atom. The van der Waals surface area contributed by atoms with Crippen LogP contribution in [0.25, 0.3) is 22.3 Å². The maximum Gasteiger partial charge on any atom is 0.416 e. The molecule has 5 rings (SSSR count). The molecule has 0 saturated carbocycles. The van der Waals surface area contributed by atoms with Crippen LogP contribution in [0.3, 0.4) is 0 Å². The summed E-state index contributed by atoms with van der Waals surface area (Å²) in [5.41, 5.74) is 0.285. The lowest BCUT2D eigenvalue weighted by Gasteiger charge is -2.14. The minimum absolute atomic E-state index is 0.000658. The summed E-state index contributed by atoms with van der Waals surface area (Å²) in [6.45, 7) is 3.85. The standard InChI is InChI=1S/C32H25F3N4O5/c1-3-43-28-16-22(15-27(39(41)42)29(28)44-19-21-9-6-8-20(2)14-21)18-36-38-30(23-10-7-11-24(17-23)32(33,34)35)37-26-13-5-4-12-25(26)31(38)40/h4-18H,3,19H2,1-2H3. The van der Waals surface area contributed by atoms with Gasteiger partial charge in [0.05, 0.1) is 34.2 Å². The summed E-state index contributed by atoms with van der Waals surface area (Å²) in [6, 6.07) is 20.9. The molecular weight excluding hydrogens is 577 g/mol. The minimum atomic E-state index is -4.63. The highest BCUT2D eigenvalue weighted by molar-refractivity contribution is 5.84. The highest BCUT2D eigenvalue weighted by Gasteiger charge is 2.31. The first-order chi connectivity index (χ1) is 21.0. The van der Waals surface area contributed by atoms with Crippen molar-refractivity contribution in [1.82, 2.24) is 9.66 Å². The van der Waals surface area contributed by atoms with Crippen LogP contribution in [-0.4, -0.2) is 27.4 Å². The van der Waals surface area contributed by atoms with Crippen LogP contribution in [0.2, 0.25) is 0 Å². The number of rotatable bonds is 9. The van der Waals surface area contributed by atoms with E-state index in [1.54, 1.807) is 25.1 Å². The van der Waals surface area contributed by atoms with E-state index in [2.05, 4.69) is 10.1 Å². The average molecular weight is 603 g/mol. The number of aryl methyl sites for hydroxylation is 1. The van der Waals surface area contributed by atoms with E-state index in [1.165, 1.54) is 36.5 Å². The Morgan fingerprint density at radius 1 is 1.00 bits per heavy atom. The van der Waals surface area contributed by atoms with E-state index in [9.17, 15) is 28.1 Å². The fourth-order valence-corrected chi connectivity index (χ4v) is 4.56. The molecule has 1 heterocycles. The molecule has 0 amide bonds. The first kappa shape index (κ1) is 30.0. The van der Waals surface area contributed by atoms with E-state index in [4.69, 9.17) is 9.47 Å². The summed E-state index contributed by atoms with van der Waals surface area (Å²) >= 11 is 0. The van der Waals surface area contributed by atoms with Crippen LogP contribution in [0.1, 0.15) is 29.2 Å². The Hall–Kier alpha value is -5.52. The molecule has 0 radical (unpaired) electrons. The van der Waals surface area contributed by atoms with Gasteiger partial charge in [-0.3, -0.25) is 14.9 Å². The van der Waals surface area contributed by atoms with Gasteiger partial charge in [-0.1, -0.05) is 54.1 Å². The van der Waals surface area contributed by atoms with Crippen molar-refractivity contribution in [2.24, 2.45) is 5.10 Å². The lowest BCUT2D eigenvalue weighted by Crippen LogP contribution is -2.20. The van der Waals surface area contributed by atoms with Crippen LogP contribution in [0.15, 0.2) is 94.8 Å². The lowest BCUT2D eigenvalue weighted by atomic mass is 10.1. The van der Waals surface area contributed by atoms with Gasteiger partial charge in [0.25, 0.3) is 5.56 Å². The highest BCUT2D eigenvalue weighted by atomic mass is 19.4. The number of halogens is 3. The number of para-hydroxylation sites is 1. The fraction of sp³-hybridized carbons (Fsp3) is 0.156. The number of fused-ring (bicyclic) bond motifs is 1. The van der Waals surface area contributed by atoms with Crippen molar-refractivity contribution in [2.45, 2.75) is 26.6 Å². The number of alkyl halides is 3. The summed E-state index contributed by atoms with van der Waals surface area (Å²) in [5.74, 6) is -0.142. The van der Waals surface area contributed by atoms with Gasteiger partial charge in [-0.15, -0.1) is 0 Å². The van der Waals surface area contributed by atoms with Gasteiger partial charge in [-0.2, -0.15) is 22.9 Å². The summed E-state index contributed by atoms with van der Waals surface area (Å²) < 4.78 is 52.9. The van der Waals surface area contributed by atoms with E-state index >= 15 is 0 Å². The Bertz CT molecular complexity index is 1950. The molecule has 0 bridgehead atoms. The average Bonchev–Trinajstić information content (AvgIpc) is 2.99. The molecule has 5 aromatic rings. The molecule has 4 aromatic carbocycles. The van der Waals surface area contributed by atoms with Crippen molar-refractivity contribution in [3.05, 3.63) is 128 Å². The molecule has 0 saturated heterocycles. The topological polar surface area (TPSA) is 109 Å². The van der Waals surface area contributed by atoms with Crippen molar-refractivity contribution < 1.29 is 27.6 Å². The van der Waals surface area contributed by atoms with Crippen molar-refractivity contribution in [3.8, 4) is 22.9 Å². The van der Waals surface area contributed by atoms with Crippen LogP contribution in [-0.2, 0) is 12.8 Å². The maximum absolute atomic E-state index is 13.5. The van der Waals surface area contributed by atoms with Crippen LogP contribution < -0.4 is 15.0 Å². The molecule has 12 heteroatoms. The largest absolute Gasteiger partial charge is 0.490 e. The van der Waals surface area contributed by atoms with E-state index in [0.29, 0.717) is 0 Å².